The number of nitrogens with one attached hydrogen (secondary N) is 2. The Kier molecular flexibility index (Phi) is 6.43. The number of sulfonamides is 1. The lowest BCUT2D eigenvalue weighted by atomic mass is 10.3. The number of methoxy groups -OCH3 is 1. The average Bonchev–Trinajstić information content (AvgIpc) is 2.67. The number of halogens is 1. The van der Waals surface area contributed by atoms with Gasteiger partial charge in [-0.05, 0) is 31.2 Å². The van der Waals surface area contributed by atoms with E-state index >= 15 is 0 Å². The molecule has 30 heavy (non-hydrogen) atoms. The van der Waals surface area contributed by atoms with Crippen LogP contribution in [0.4, 0.5) is 10.6 Å². The molecule has 1 aromatic heterocycles. The zero-order chi connectivity index (χ0) is 21.7. The van der Waals surface area contributed by atoms with Crippen molar-refractivity contribution in [1.82, 2.24) is 9.71 Å². The predicted molar refractivity (Wildman–Crippen MR) is 113 cm³/mol. The standard InChI is InChI=1S/C20H18ClN3O5S/c1-13-10-16(29-15-7-5-6-14(11-15)28-2)12-19(22-13)23-20(25)24-30(26,27)18-9-4-3-8-17(18)21/h3-12H,1-2H3,(H2,22,23,24,25). The summed E-state index contributed by atoms with van der Waals surface area (Å²) in [7, 11) is -2.61. The summed E-state index contributed by atoms with van der Waals surface area (Å²) in [4.78, 5) is 16.2. The van der Waals surface area contributed by atoms with E-state index in [-0.39, 0.29) is 15.7 Å². The summed E-state index contributed by atoms with van der Waals surface area (Å²) >= 11 is 5.90. The molecular formula is C20H18ClN3O5S. The number of aryl methyl sites for hydroxylation is 1. The molecule has 0 saturated carbocycles. The molecule has 0 unspecified atom stereocenters. The van der Waals surface area contributed by atoms with Crippen LogP contribution < -0.4 is 19.5 Å². The zero-order valence-electron chi connectivity index (χ0n) is 16.0. The highest BCUT2D eigenvalue weighted by molar-refractivity contribution is 7.90. The van der Waals surface area contributed by atoms with Crippen molar-refractivity contribution in [1.29, 1.82) is 0 Å². The third-order valence-corrected chi connectivity index (χ3v) is 5.63. The summed E-state index contributed by atoms with van der Waals surface area (Å²) in [6.45, 7) is 1.71. The normalized spacial score (nSPS) is 10.9. The maximum Gasteiger partial charge on any atom is 0.334 e. The van der Waals surface area contributed by atoms with E-state index in [1.807, 2.05) is 4.72 Å². The van der Waals surface area contributed by atoms with Crippen molar-refractivity contribution in [3.63, 3.8) is 0 Å². The van der Waals surface area contributed by atoms with Gasteiger partial charge in [0.15, 0.2) is 0 Å². The number of amides is 2. The summed E-state index contributed by atoms with van der Waals surface area (Å²) < 4.78 is 37.6. The number of anilines is 1. The van der Waals surface area contributed by atoms with Crippen LogP contribution in [-0.2, 0) is 10.0 Å². The third-order valence-electron chi connectivity index (χ3n) is 3.80. The molecule has 0 bridgehead atoms. The molecule has 2 aromatic carbocycles. The molecule has 10 heteroatoms. The second kappa shape index (κ2) is 9.02. The first kappa shape index (κ1) is 21.4. The number of nitrogens with zero attached hydrogens (tertiary/aromatic N) is 1. The lowest BCUT2D eigenvalue weighted by molar-refractivity contribution is 0.256. The smallest absolute Gasteiger partial charge is 0.334 e. The number of urea groups is 1. The average molecular weight is 448 g/mol. The molecule has 1 heterocycles. The predicted octanol–water partition coefficient (Wildman–Crippen LogP) is 4.35. The van der Waals surface area contributed by atoms with Gasteiger partial charge in [0.05, 0.1) is 12.1 Å². The minimum Gasteiger partial charge on any atom is -0.497 e. The van der Waals surface area contributed by atoms with Crippen molar-refractivity contribution in [2.24, 2.45) is 0 Å². The molecule has 3 rings (SSSR count). The first-order valence-corrected chi connectivity index (χ1v) is 10.5. The largest absolute Gasteiger partial charge is 0.497 e. The van der Waals surface area contributed by atoms with Gasteiger partial charge >= 0.3 is 6.03 Å². The number of ether oxygens (including phenoxy) is 2. The number of benzene rings is 2. The van der Waals surface area contributed by atoms with E-state index in [1.54, 1.807) is 50.4 Å². The fraction of sp³-hybridized carbons (Fsp3) is 0.100. The number of carbonyl (C=O) groups is 1. The monoisotopic (exact) mass is 447 g/mol. The quantitative estimate of drug-likeness (QED) is 0.581. The molecule has 2 N–H and O–H groups in total. The van der Waals surface area contributed by atoms with Crippen LogP contribution in [0, 0.1) is 6.92 Å². The Morgan fingerprint density at radius 1 is 1.00 bits per heavy atom. The summed E-state index contributed by atoms with van der Waals surface area (Å²) in [5.41, 5.74) is 0.555. The van der Waals surface area contributed by atoms with Gasteiger partial charge in [0.2, 0.25) is 0 Å². The molecule has 0 radical (unpaired) electrons. The van der Waals surface area contributed by atoms with Crippen LogP contribution in [0.2, 0.25) is 5.02 Å². The number of carbonyl (C=O) groups excluding carboxylic acids is 1. The number of hydrogen-bond acceptors (Lipinski definition) is 6. The number of rotatable bonds is 6. The second-order valence-corrected chi connectivity index (χ2v) is 8.16. The SMILES string of the molecule is COc1cccc(Oc2cc(C)nc(NC(=O)NS(=O)(=O)c3ccccc3Cl)c2)c1. The first-order chi connectivity index (χ1) is 14.3. The highest BCUT2D eigenvalue weighted by Gasteiger charge is 2.20. The molecule has 3 aromatic rings. The fourth-order valence-electron chi connectivity index (χ4n) is 2.54. The topological polar surface area (TPSA) is 107 Å². The lowest BCUT2D eigenvalue weighted by Crippen LogP contribution is -2.34. The maximum absolute atomic E-state index is 12.4. The van der Waals surface area contributed by atoms with Crippen molar-refractivity contribution in [3.05, 3.63) is 71.4 Å². The summed E-state index contributed by atoms with van der Waals surface area (Å²) in [5, 5.41) is 2.39. The Balaban J connectivity index is 1.75. The van der Waals surface area contributed by atoms with Gasteiger partial charge < -0.3 is 9.47 Å². The summed E-state index contributed by atoms with van der Waals surface area (Å²) in [5.74, 6) is 1.66. The molecular weight excluding hydrogens is 430 g/mol. The molecule has 0 saturated heterocycles. The molecule has 0 aliphatic carbocycles. The molecule has 2 amide bonds. The van der Waals surface area contributed by atoms with Gasteiger partial charge in [-0.1, -0.05) is 29.8 Å². The molecule has 0 aliphatic heterocycles. The van der Waals surface area contributed by atoms with E-state index < -0.39 is 16.1 Å². The molecule has 0 spiro atoms. The highest BCUT2D eigenvalue weighted by atomic mass is 35.5. The van der Waals surface area contributed by atoms with Crippen molar-refractivity contribution in [3.8, 4) is 17.2 Å². The van der Waals surface area contributed by atoms with E-state index in [4.69, 9.17) is 21.1 Å². The number of hydrogen-bond donors (Lipinski definition) is 2. The van der Waals surface area contributed by atoms with Gasteiger partial charge in [-0.25, -0.2) is 22.9 Å². The van der Waals surface area contributed by atoms with E-state index in [9.17, 15) is 13.2 Å². The van der Waals surface area contributed by atoms with Crippen molar-refractivity contribution < 1.29 is 22.7 Å². The fourth-order valence-corrected chi connectivity index (χ4v) is 3.97. The van der Waals surface area contributed by atoms with Crippen molar-refractivity contribution >= 4 is 33.5 Å². The summed E-state index contributed by atoms with van der Waals surface area (Å²) in [6, 6.07) is 14.9. The zero-order valence-corrected chi connectivity index (χ0v) is 17.6. The Bertz CT molecular complexity index is 1180. The highest BCUT2D eigenvalue weighted by Crippen LogP contribution is 2.27. The van der Waals surface area contributed by atoms with Crippen molar-refractivity contribution in [2.75, 3.05) is 12.4 Å². The summed E-state index contributed by atoms with van der Waals surface area (Å²) in [6.07, 6.45) is 0. The Labute approximate surface area is 178 Å². The minimum absolute atomic E-state index is 0.000422. The van der Waals surface area contributed by atoms with Crippen LogP contribution in [0.1, 0.15) is 5.69 Å². The molecule has 0 aliphatic rings. The molecule has 0 fully saturated rings. The van der Waals surface area contributed by atoms with Gasteiger partial charge in [-0.2, -0.15) is 0 Å². The Morgan fingerprint density at radius 3 is 2.47 bits per heavy atom. The lowest BCUT2D eigenvalue weighted by Gasteiger charge is -2.12. The van der Waals surface area contributed by atoms with Crippen molar-refractivity contribution in [2.45, 2.75) is 11.8 Å². The molecule has 0 atom stereocenters. The second-order valence-electron chi connectivity index (χ2n) is 6.10. The van der Waals surface area contributed by atoms with E-state index in [0.29, 0.717) is 22.9 Å². The van der Waals surface area contributed by atoms with Crippen LogP contribution in [0.15, 0.2) is 65.6 Å². The molecule has 8 nitrogen and oxygen atoms in total. The van der Waals surface area contributed by atoms with Crippen LogP contribution in [0.25, 0.3) is 0 Å². The maximum atomic E-state index is 12.4. The minimum atomic E-state index is -4.15. The van der Waals surface area contributed by atoms with Crippen LogP contribution in [-0.4, -0.2) is 26.5 Å². The van der Waals surface area contributed by atoms with Crippen LogP contribution in [0.5, 0.6) is 17.2 Å². The van der Waals surface area contributed by atoms with Gasteiger partial charge in [0.1, 0.15) is 28.0 Å². The van der Waals surface area contributed by atoms with Gasteiger partial charge in [0, 0.05) is 23.9 Å². The number of pyridine rings is 1. The Morgan fingerprint density at radius 2 is 1.73 bits per heavy atom. The van der Waals surface area contributed by atoms with Crippen LogP contribution >= 0.6 is 11.6 Å². The van der Waals surface area contributed by atoms with Gasteiger partial charge in [0.25, 0.3) is 10.0 Å². The van der Waals surface area contributed by atoms with E-state index in [1.165, 1.54) is 24.3 Å². The number of aromatic nitrogens is 1. The van der Waals surface area contributed by atoms with Crippen LogP contribution in [0.3, 0.4) is 0 Å². The van der Waals surface area contributed by atoms with Gasteiger partial charge in [-0.15, -0.1) is 0 Å². The van der Waals surface area contributed by atoms with Gasteiger partial charge in [-0.3, -0.25) is 5.32 Å². The van der Waals surface area contributed by atoms with E-state index in [0.717, 1.165) is 0 Å². The third kappa shape index (κ3) is 5.40. The molecule has 156 valence electrons. The Hall–Kier alpha value is -3.30. The first-order valence-electron chi connectivity index (χ1n) is 8.66. The van der Waals surface area contributed by atoms with E-state index in [2.05, 4.69) is 10.3 Å².